The molecule has 4 amide bonds. The molecule has 2 aromatic carbocycles. The number of carbonyl (C=O) groups is 4. The highest BCUT2D eigenvalue weighted by Crippen LogP contribution is 2.25. The largest absolute Gasteiger partial charge is 0.366 e. The first-order valence-electron chi connectivity index (χ1n) is 17.0. The van der Waals surface area contributed by atoms with Crippen LogP contribution in [0.25, 0.3) is 0 Å². The van der Waals surface area contributed by atoms with Crippen LogP contribution in [0.15, 0.2) is 42.5 Å². The van der Waals surface area contributed by atoms with Crippen LogP contribution in [-0.4, -0.2) is 115 Å². The van der Waals surface area contributed by atoms with Crippen molar-refractivity contribution in [2.75, 3.05) is 58.9 Å². The second kappa shape index (κ2) is 19.6. The third kappa shape index (κ3) is 11.5. The summed E-state index contributed by atoms with van der Waals surface area (Å²) in [6, 6.07) is 11.1. The molecule has 1 saturated carbocycles. The first-order chi connectivity index (χ1) is 23.1. The summed E-state index contributed by atoms with van der Waals surface area (Å²) < 4.78 is 14.3. The lowest BCUT2D eigenvalue weighted by Crippen LogP contribution is -2.48. The van der Waals surface area contributed by atoms with Gasteiger partial charge in [-0.2, -0.15) is 0 Å². The Morgan fingerprint density at radius 3 is 1.94 bits per heavy atom. The van der Waals surface area contributed by atoms with E-state index in [0.29, 0.717) is 43.3 Å². The molecule has 2 aliphatic heterocycles. The van der Waals surface area contributed by atoms with Gasteiger partial charge in [0.1, 0.15) is 5.82 Å². The van der Waals surface area contributed by atoms with Crippen LogP contribution in [-0.2, 0) is 16.0 Å². The minimum Gasteiger partial charge on any atom is -0.366 e. The average Bonchev–Trinajstić information content (AvgIpc) is 3.13. The van der Waals surface area contributed by atoms with E-state index in [1.165, 1.54) is 55.2 Å². The number of rotatable bonds is 9. The number of nitrogens with two attached hydrogens (primary N) is 2. The number of benzene rings is 2. The zero-order valence-corrected chi connectivity index (χ0v) is 28.4. The summed E-state index contributed by atoms with van der Waals surface area (Å²) in [5.74, 6) is -0.881. The quantitative estimate of drug-likeness (QED) is 0.276. The predicted octanol–water partition coefficient (Wildman–Crippen LogP) is 3.14. The van der Waals surface area contributed by atoms with E-state index in [4.69, 9.17) is 16.9 Å². The van der Waals surface area contributed by atoms with E-state index >= 15 is 0 Å². The molecule has 0 bridgehead atoms. The van der Waals surface area contributed by atoms with E-state index < -0.39 is 17.6 Å². The molecule has 262 valence electrons. The number of nitrogens with zero attached hydrogens (tertiary/aromatic N) is 4. The summed E-state index contributed by atoms with van der Waals surface area (Å²) >= 11 is 0. The Kier molecular flexibility index (Phi) is 15.6. The number of halogens is 1. The van der Waals surface area contributed by atoms with Gasteiger partial charge < -0.3 is 36.5 Å². The van der Waals surface area contributed by atoms with Gasteiger partial charge in [0.25, 0.3) is 5.91 Å². The van der Waals surface area contributed by atoms with Gasteiger partial charge in [0, 0.05) is 81.7 Å². The highest BCUT2D eigenvalue weighted by molar-refractivity contribution is 6.09. The smallest absolute Gasteiger partial charge is 0.256 e. The Morgan fingerprint density at radius 1 is 0.875 bits per heavy atom. The molecule has 1 aliphatic carbocycles. The Hall–Kier alpha value is -4.16. The fourth-order valence-corrected chi connectivity index (χ4v) is 6.15. The summed E-state index contributed by atoms with van der Waals surface area (Å²) in [7, 11) is 0. The second-order valence-corrected chi connectivity index (χ2v) is 12.6. The van der Waals surface area contributed by atoms with Gasteiger partial charge in [-0.1, -0.05) is 50.5 Å². The van der Waals surface area contributed by atoms with Gasteiger partial charge >= 0.3 is 0 Å². The van der Waals surface area contributed by atoms with Crippen molar-refractivity contribution in [2.24, 2.45) is 17.4 Å². The Bertz CT molecular complexity index is 1370. The maximum absolute atomic E-state index is 14.3. The molecule has 48 heavy (non-hydrogen) atoms. The van der Waals surface area contributed by atoms with Crippen molar-refractivity contribution in [1.29, 1.82) is 5.41 Å². The summed E-state index contributed by atoms with van der Waals surface area (Å²) in [6.45, 7) is 10.8. The number of primary amides is 1. The van der Waals surface area contributed by atoms with Gasteiger partial charge in [-0.3, -0.25) is 19.2 Å². The molecule has 12 heteroatoms. The lowest BCUT2D eigenvalue weighted by molar-refractivity contribution is -0.120. The van der Waals surface area contributed by atoms with Crippen LogP contribution in [0.1, 0.15) is 77.8 Å². The van der Waals surface area contributed by atoms with Gasteiger partial charge in [-0.15, -0.1) is 0 Å². The van der Waals surface area contributed by atoms with Crippen LogP contribution in [0, 0.1) is 17.1 Å². The fourth-order valence-electron chi connectivity index (χ4n) is 6.15. The van der Waals surface area contributed by atoms with Crippen molar-refractivity contribution in [3.63, 3.8) is 0 Å². The van der Waals surface area contributed by atoms with Crippen LogP contribution >= 0.6 is 0 Å². The molecule has 3 aliphatic rings. The van der Waals surface area contributed by atoms with Gasteiger partial charge in [-0.05, 0) is 56.0 Å². The van der Waals surface area contributed by atoms with Crippen molar-refractivity contribution in [1.82, 2.24) is 19.6 Å². The second-order valence-electron chi connectivity index (χ2n) is 12.6. The maximum atomic E-state index is 14.3. The average molecular weight is 666 g/mol. The molecule has 0 aromatic heterocycles. The normalized spacial score (nSPS) is 17.6. The monoisotopic (exact) mass is 665 g/mol. The van der Waals surface area contributed by atoms with E-state index in [0.717, 1.165) is 51.5 Å². The van der Waals surface area contributed by atoms with E-state index in [9.17, 15) is 23.6 Å². The molecule has 0 spiro atoms. The molecule has 5 N–H and O–H groups in total. The van der Waals surface area contributed by atoms with Crippen molar-refractivity contribution < 1.29 is 23.6 Å². The highest BCUT2D eigenvalue weighted by Gasteiger charge is 2.24. The van der Waals surface area contributed by atoms with Gasteiger partial charge in [0.2, 0.25) is 18.7 Å². The number of hydrogen-bond acceptors (Lipinski definition) is 7. The van der Waals surface area contributed by atoms with Gasteiger partial charge in [0.05, 0.1) is 5.56 Å². The zero-order chi connectivity index (χ0) is 35.1. The summed E-state index contributed by atoms with van der Waals surface area (Å²) in [4.78, 5) is 52.6. The summed E-state index contributed by atoms with van der Waals surface area (Å²) in [5, 5.41) is 8.34. The number of amides is 4. The maximum Gasteiger partial charge on any atom is 0.256 e. The standard InChI is InChI=1S/C21H21FN4O3.C8H17N.C7H14N2O/c22-18-6-5-14(12-19(23)15-3-1-2-4-16(15)20(24)28)11-17(18)21(29)26-9-7-25(13-27)8-10-26;1-7(9)8-5-3-2-4-6-8;1-2-8-3-5-9(7-10)6-4-8/h1-6,11,13,23H,7-10,12H2,(H2,24,28);7-8H,2-6,9H2,1H3;7H,2-6H2,1H3/t;7-;/m.0./s1. The van der Waals surface area contributed by atoms with E-state index in [1.807, 2.05) is 4.90 Å². The summed E-state index contributed by atoms with van der Waals surface area (Å²) in [5.41, 5.74) is 12.4. The lowest BCUT2D eigenvalue weighted by atomic mass is 9.85. The van der Waals surface area contributed by atoms with E-state index in [-0.39, 0.29) is 23.3 Å². The third-order valence-corrected chi connectivity index (χ3v) is 9.31. The Labute approximate surface area is 283 Å². The lowest BCUT2D eigenvalue weighted by Gasteiger charge is -2.32. The molecule has 11 nitrogen and oxygen atoms in total. The molecule has 2 saturated heterocycles. The molecule has 2 aromatic rings. The van der Waals surface area contributed by atoms with Crippen molar-refractivity contribution >= 4 is 30.3 Å². The van der Waals surface area contributed by atoms with Crippen LogP contribution in [0.4, 0.5) is 4.39 Å². The third-order valence-electron chi connectivity index (χ3n) is 9.31. The number of likely N-dealkylation sites (N-methyl/N-ethyl adjacent to an activating group) is 1. The van der Waals surface area contributed by atoms with E-state index in [2.05, 4.69) is 18.7 Å². The summed E-state index contributed by atoms with van der Waals surface area (Å²) in [6.07, 6.45) is 8.78. The SMILES string of the molecule is CCN1CCN(C=O)CC1.C[C@H](N)C1CCCCC1.N=C(Cc1ccc(F)c(C(=O)N2CCN(C=O)CC2)c1)c1ccccc1C(N)=O. The molecule has 5 rings (SSSR count). The number of piperazine rings is 2. The number of carbonyl (C=O) groups excluding carboxylic acids is 4. The van der Waals surface area contributed by atoms with E-state index in [1.54, 1.807) is 29.2 Å². The molecular weight excluding hydrogens is 613 g/mol. The minimum atomic E-state index is -0.638. The van der Waals surface area contributed by atoms with Crippen LogP contribution in [0.3, 0.4) is 0 Å². The first-order valence-corrected chi connectivity index (χ1v) is 17.0. The minimum absolute atomic E-state index is 0.0713. The van der Waals surface area contributed by atoms with Crippen LogP contribution in [0.5, 0.6) is 0 Å². The first kappa shape index (κ1) is 38.3. The van der Waals surface area contributed by atoms with Crippen LogP contribution < -0.4 is 11.5 Å². The van der Waals surface area contributed by atoms with Crippen LogP contribution in [0.2, 0.25) is 0 Å². The van der Waals surface area contributed by atoms with Gasteiger partial charge in [0.15, 0.2) is 0 Å². The molecule has 2 heterocycles. The van der Waals surface area contributed by atoms with Crippen molar-refractivity contribution in [2.45, 2.75) is 58.4 Å². The number of hydrogen-bond donors (Lipinski definition) is 3. The Balaban J connectivity index is 0.000000266. The van der Waals surface area contributed by atoms with Crippen molar-refractivity contribution in [3.05, 3.63) is 70.5 Å². The highest BCUT2D eigenvalue weighted by atomic mass is 19.1. The van der Waals surface area contributed by atoms with Gasteiger partial charge in [-0.25, -0.2) is 4.39 Å². The Morgan fingerprint density at radius 2 is 1.44 bits per heavy atom. The predicted molar refractivity (Wildman–Crippen MR) is 185 cm³/mol. The number of nitrogens with one attached hydrogen (secondary N) is 1. The molecular formula is C36H52FN7O4. The molecule has 1 atom stereocenters. The van der Waals surface area contributed by atoms with Crippen molar-refractivity contribution in [3.8, 4) is 0 Å². The molecule has 0 unspecified atom stereocenters. The topological polar surface area (TPSA) is 157 Å². The zero-order valence-electron chi connectivity index (χ0n) is 28.4. The molecule has 0 radical (unpaired) electrons. The molecule has 3 fully saturated rings. The fraction of sp³-hybridized carbons (Fsp3) is 0.528.